The summed E-state index contributed by atoms with van der Waals surface area (Å²) in [7, 11) is 6.10. The lowest BCUT2D eigenvalue weighted by Crippen LogP contribution is -2.03. The number of ether oxygens (including phenoxy) is 4. The number of hydrogen-bond donors (Lipinski definition) is 0. The van der Waals surface area contributed by atoms with Gasteiger partial charge >= 0.3 is 0 Å². The Balaban J connectivity index is 2.38. The molecule has 0 saturated heterocycles. The Hall–Kier alpha value is -3.15. The molecule has 2 aromatic carbocycles. The Kier molecular flexibility index (Phi) is 4.52. The summed E-state index contributed by atoms with van der Waals surface area (Å²) in [5, 5.41) is 0.398. The first-order valence-corrected chi connectivity index (χ1v) is 7.54. The van der Waals surface area contributed by atoms with Gasteiger partial charge < -0.3 is 23.4 Å². The monoisotopic (exact) mass is 342 g/mol. The van der Waals surface area contributed by atoms with Crippen molar-refractivity contribution in [1.82, 2.24) is 0 Å². The molecule has 1 heterocycles. The van der Waals surface area contributed by atoms with Gasteiger partial charge in [-0.05, 0) is 24.3 Å². The fourth-order valence-electron chi connectivity index (χ4n) is 2.75. The highest BCUT2D eigenvalue weighted by Gasteiger charge is 2.19. The van der Waals surface area contributed by atoms with Crippen LogP contribution in [0.25, 0.3) is 22.3 Å². The second kappa shape index (κ2) is 6.76. The average Bonchev–Trinajstić information content (AvgIpc) is 2.65. The standard InChI is InChI=1S/C19H18O6/c1-21-13-6-5-7-14(22-2)17(13)16-10-12(20)11-8-9-15(23-3)19(24-4)18(11)25-16/h5-10H,1-4H3. The minimum atomic E-state index is -0.204. The van der Waals surface area contributed by atoms with E-state index in [0.29, 0.717) is 45.3 Å². The van der Waals surface area contributed by atoms with Crippen molar-refractivity contribution >= 4 is 11.0 Å². The quantitative estimate of drug-likeness (QED) is 0.707. The normalized spacial score (nSPS) is 10.6. The van der Waals surface area contributed by atoms with Gasteiger partial charge in [0.1, 0.15) is 22.8 Å². The minimum Gasteiger partial charge on any atom is -0.496 e. The zero-order valence-corrected chi connectivity index (χ0v) is 14.4. The molecule has 0 aliphatic rings. The molecule has 0 fully saturated rings. The lowest BCUT2D eigenvalue weighted by atomic mass is 10.1. The van der Waals surface area contributed by atoms with Crippen LogP contribution in [0.2, 0.25) is 0 Å². The largest absolute Gasteiger partial charge is 0.496 e. The molecule has 1 aromatic heterocycles. The van der Waals surface area contributed by atoms with Crippen molar-refractivity contribution in [1.29, 1.82) is 0 Å². The van der Waals surface area contributed by atoms with E-state index in [-0.39, 0.29) is 5.43 Å². The van der Waals surface area contributed by atoms with Gasteiger partial charge in [-0.3, -0.25) is 4.79 Å². The molecule has 0 saturated carbocycles. The number of fused-ring (bicyclic) bond motifs is 1. The van der Waals surface area contributed by atoms with Crippen molar-refractivity contribution in [3.63, 3.8) is 0 Å². The Labute approximate surface area is 144 Å². The van der Waals surface area contributed by atoms with Gasteiger partial charge in [0, 0.05) is 6.07 Å². The number of hydrogen-bond acceptors (Lipinski definition) is 6. The molecule has 0 radical (unpaired) electrons. The van der Waals surface area contributed by atoms with E-state index in [1.807, 2.05) is 0 Å². The van der Waals surface area contributed by atoms with Gasteiger partial charge in [-0.15, -0.1) is 0 Å². The Morgan fingerprint density at radius 1 is 0.800 bits per heavy atom. The maximum atomic E-state index is 12.6. The van der Waals surface area contributed by atoms with Gasteiger partial charge in [0.2, 0.25) is 5.75 Å². The molecule has 0 amide bonds. The van der Waals surface area contributed by atoms with E-state index in [2.05, 4.69) is 0 Å². The first-order chi connectivity index (χ1) is 12.1. The Morgan fingerprint density at radius 3 is 2.00 bits per heavy atom. The van der Waals surface area contributed by atoms with Crippen LogP contribution in [-0.4, -0.2) is 28.4 Å². The number of benzene rings is 2. The molecule has 0 spiro atoms. The molecule has 6 nitrogen and oxygen atoms in total. The average molecular weight is 342 g/mol. The maximum Gasteiger partial charge on any atom is 0.204 e. The van der Waals surface area contributed by atoms with Gasteiger partial charge in [0.05, 0.1) is 33.8 Å². The fraction of sp³-hybridized carbons (Fsp3) is 0.211. The van der Waals surface area contributed by atoms with E-state index in [9.17, 15) is 4.79 Å². The summed E-state index contributed by atoms with van der Waals surface area (Å²) >= 11 is 0. The first-order valence-electron chi connectivity index (χ1n) is 7.54. The van der Waals surface area contributed by atoms with Crippen LogP contribution in [0.3, 0.4) is 0 Å². The third-order valence-corrected chi connectivity index (χ3v) is 3.91. The second-order valence-electron chi connectivity index (χ2n) is 5.19. The third kappa shape index (κ3) is 2.76. The van der Waals surface area contributed by atoms with E-state index in [4.69, 9.17) is 23.4 Å². The molecular weight excluding hydrogens is 324 g/mol. The highest BCUT2D eigenvalue weighted by Crippen LogP contribution is 2.41. The molecule has 0 bridgehead atoms. The van der Waals surface area contributed by atoms with Crippen LogP contribution in [0.1, 0.15) is 0 Å². The van der Waals surface area contributed by atoms with E-state index in [1.54, 1.807) is 44.6 Å². The van der Waals surface area contributed by atoms with Crippen molar-refractivity contribution in [2.75, 3.05) is 28.4 Å². The van der Waals surface area contributed by atoms with Crippen LogP contribution in [-0.2, 0) is 0 Å². The summed E-state index contributed by atoms with van der Waals surface area (Å²) in [6.07, 6.45) is 0. The lowest BCUT2D eigenvalue weighted by Gasteiger charge is -2.14. The van der Waals surface area contributed by atoms with Crippen LogP contribution in [0.4, 0.5) is 0 Å². The highest BCUT2D eigenvalue weighted by atomic mass is 16.5. The van der Waals surface area contributed by atoms with E-state index >= 15 is 0 Å². The lowest BCUT2D eigenvalue weighted by molar-refractivity contribution is 0.353. The molecule has 130 valence electrons. The summed E-state index contributed by atoms with van der Waals surface area (Å²) in [5.41, 5.74) is 0.652. The number of rotatable bonds is 5. The zero-order valence-electron chi connectivity index (χ0n) is 14.4. The van der Waals surface area contributed by atoms with Crippen molar-refractivity contribution in [2.24, 2.45) is 0 Å². The fourth-order valence-corrected chi connectivity index (χ4v) is 2.75. The summed E-state index contributed by atoms with van der Waals surface area (Å²) < 4.78 is 27.5. The van der Waals surface area contributed by atoms with Crippen LogP contribution < -0.4 is 24.4 Å². The minimum absolute atomic E-state index is 0.204. The van der Waals surface area contributed by atoms with Crippen molar-refractivity contribution in [2.45, 2.75) is 0 Å². The molecule has 0 atom stereocenters. The SMILES string of the molecule is COc1cccc(OC)c1-c1cc(=O)c2ccc(OC)c(OC)c2o1. The van der Waals surface area contributed by atoms with E-state index in [0.717, 1.165) is 0 Å². The Bertz CT molecular complexity index is 951. The molecule has 25 heavy (non-hydrogen) atoms. The molecule has 0 aliphatic carbocycles. The van der Waals surface area contributed by atoms with Crippen molar-refractivity contribution in [3.8, 4) is 34.3 Å². The van der Waals surface area contributed by atoms with Crippen molar-refractivity contribution < 1.29 is 23.4 Å². The molecule has 3 rings (SSSR count). The number of methoxy groups -OCH3 is 4. The maximum absolute atomic E-state index is 12.6. The predicted octanol–water partition coefficient (Wildman–Crippen LogP) is 3.49. The molecule has 6 heteroatoms. The summed E-state index contributed by atoms with van der Waals surface area (Å²) in [6, 6.07) is 10.1. The predicted molar refractivity (Wildman–Crippen MR) is 94.1 cm³/mol. The smallest absolute Gasteiger partial charge is 0.204 e. The van der Waals surface area contributed by atoms with E-state index in [1.165, 1.54) is 20.3 Å². The van der Waals surface area contributed by atoms with Crippen LogP contribution in [0.15, 0.2) is 45.6 Å². The third-order valence-electron chi connectivity index (χ3n) is 3.91. The van der Waals surface area contributed by atoms with Gasteiger partial charge in [-0.1, -0.05) is 6.07 Å². The van der Waals surface area contributed by atoms with Gasteiger partial charge in [0.25, 0.3) is 0 Å². The Morgan fingerprint density at radius 2 is 1.44 bits per heavy atom. The molecular formula is C19H18O6. The summed E-state index contributed by atoms with van der Waals surface area (Å²) in [5.74, 6) is 2.21. The highest BCUT2D eigenvalue weighted by molar-refractivity contribution is 5.87. The molecule has 0 aliphatic heterocycles. The second-order valence-corrected chi connectivity index (χ2v) is 5.19. The van der Waals surface area contributed by atoms with Crippen LogP contribution in [0.5, 0.6) is 23.0 Å². The zero-order chi connectivity index (χ0) is 18.0. The van der Waals surface area contributed by atoms with Gasteiger partial charge in [-0.2, -0.15) is 0 Å². The van der Waals surface area contributed by atoms with Gasteiger partial charge in [-0.25, -0.2) is 0 Å². The summed E-state index contributed by atoms with van der Waals surface area (Å²) in [6.45, 7) is 0. The first kappa shape index (κ1) is 16.7. The molecule has 0 N–H and O–H groups in total. The van der Waals surface area contributed by atoms with Crippen LogP contribution >= 0.6 is 0 Å². The van der Waals surface area contributed by atoms with Crippen LogP contribution in [0, 0.1) is 0 Å². The molecule has 0 unspecified atom stereocenters. The molecule has 3 aromatic rings. The topological polar surface area (TPSA) is 67.1 Å². The summed E-state index contributed by atoms with van der Waals surface area (Å²) in [4.78, 5) is 12.6. The van der Waals surface area contributed by atoms with Crippen molar-refractivity contribution in [3.05, 3.63) is 46.6 Å². The van der Waals surface area contributed by atoms with E-state index < -0.39 is 0 Å². The van der Waals surface area contributed by atoms with Gasteiger partial charge in [0.15, 0.2) is 16.8 Å².